The van der Waals surface area contributed by atoms with Crippen LogP contribution in [0.1, 0.15) is 245 Å². The molecule has 0 saturated carbocycles. The predicted molar refractivity (Wildman–Crippen MR) is 544 cm³/mol. The Morgan fingerprint density at radius 1 is 0.148 bits per heavy atom. The van der Waals surface area contributed by atoms with E-state index in [1.165, 1.54) is 164 Å². The average molecular weight is 1600 g/mol. The fraction of sp³-hybridized carbons (Fsp3) is 0.246. The highest BCUT2D eigenvalue weighted by Crippen LogP contribution is 2.36. The lowest BCUT2D eigenvalue weighted by Gasteiger charge is -2.14. The summed E-state index contributed by atoms with van der Waals surface area (Å²) in [4.78, 5) is 0. The first-order valence-corrected chi connectivity index (χ1v) is 44.8. The van der Waals surface area contributed by atoms with Gasteiger partial charge in [0.25, 0.3) is 0 Å². The van der Waals surface area contributed by atoms with Crippen LogP contribution in [0.2, 0.25) is 0 Å². The third-order valence-corrected chi connectivity index (χ3v) is 23.1. The SMILES string of the molecule is CC(C)c1c2ccccc2cc2ccccc12.CC(C)c1ccc2cc3ccccc3cc2c1.CC(C)c1ccc2ccccc2c1.CC(C)c1cccc2cc3ccccc3cc12.CC(C)c1cccc2ccccc12.CC(C)c1ccccc1.CC(C)c1ccccc1-c1ccccc1.Cc1cccc(C)c1C(C)C.Cc1ccccc1C(C)C. The number of fused-ring (bicyclic) bond motifs is 8. The number of hydrogen-bond donors (Lipinski definition) is 0. The summed E-state index contributed by atoms with van der Waals surface area (Å²) in [5, 5.41) is 21.5. The van der Waals surface area contributed by atoms with Crippen LogP contribution in [0.5, 0.6) is 0 Å². The molecular weight excluding hydrogens is 1470 g/mol. The van der Waals surface area contributed by atoms with Crippen molar-refractivity contribution in [1.82, 2.24) is 0 Å². The third kappa shape index (κ3) is 25.6. The summed E-state index contributed by atoms with van der Waals surface area (Å²) in [5.74, 6) is 5.46. The number of rotatable bonds is 10. The van der Waals surface area contributed by atoms with Crippen LogP contribution in [-0.4, -0.2) is 0 Å². The minimum atomic E-state index is 0.547. The average Bonchev–Trinajstić information content (AvgIpc) is 0.750. The maximum Gasteiger partial charge on any atom is -0.0143 e. The van der Waals surface area contributed by atoms with Crippen molar-refractivity contribution in [1.29, 1.82) is 0 Å². The molecule has 122 heavy (non-hydrogen) atoms. The van der Waals surface area contributed by atoms with E-state index in [-0.39, 0.29) is 0 Å². The lowest BCUT2D eigenvalue weighted by Crippen LogP contribution is -1.94. The molecular formula is C122H134. The van der Waals surface area contributed by atoms with E-state index in [0.29, 0.717) is 53.3 Å². The molecule has 0 aromatic heterocycles. The van der Waals surface area contributed by atoms with Crippen molar-refractivity contribution >= 4 is 86.2 Å². The van der Waals surface area contributed by atoms with Gasteiger partial charge >= 0.3 is 0 Å². The molecule has 18 aromatic carbocycles. The standard InChI is InChI=1S/3C17H16.C15H16.2C13H14.C11H16.C10H14.C9H12/c1-12(2)17-15-9-5-3-7-13(15)11-14-8-4-6-10-16(14)17;1-12(2)16-9-5-8-15-10-13-6-3-4-7-14(13)11-17(15)16;1-12(2)13-7-8-16-10-14-5-3-4-6-15(14)11-17(16)9-13;1-12(2)14-10-6-7-11-15(14)13-8-4-3-5-9-13;1-10(2)12-9-5-7-11-6-3-4-8-13(11)12;1-10(2)12-8-7-11-5-3-4-6-13(11)9-12;1-8(2)11-9(3)6-5-7-10(11)4;1-8(2)10-7-5-4-6-9(10)3;1-8(2)9-6-4-3-5-7-9/h3*3-12H,1-2H3;3-12H,1-2H3;2*3-10H,1-2H3;5-8H,1-4H3;4-8H,1-3H3;3-8H,1-2H3. The van der Waals surface area contributed by atoms with E-state index in [4.69, 9.17) is 0 Å². The Kier molecular flexibility index (Phi) is 34.5. The molecule has 0 aliphatic heterocycles. The normalized spacial score (nSPS) is 11.0. The summed E-state index contributed by atoms with van der Waals surface area (Å²) in [6.45, 7) is 46.8. The van der Waals surface area contributed by atoms with Crippen molar-refractivity contribution in [3.8, 4) is 11.1 Å². The summed E-state index contributed by atoms with van der Waals surface area (Å²) < 4.78 is 0. The van der Waals surface area contributed by atoms with Crippen molar-refractivity contribution in [3.05, 3.63) is 443 Å². The second-order valence-electron chi connectivity index (χ2n) is 35.4. The highest BCUT2D eigenvalue weighted by atomic mass is 14.2. The Morgan fingerprint density at radius 2 is 0.451 bits per heavy atom. The van der Waals surface area contributed by atoms with Crippen LogP contribution in [0.25, 0.3) is 97.3 Å². The van der Waals surface area contributed by atoms with Gasteiger partial charge in [-0.25, -0.2) is 0 Å². The molecule has 0 heteroatoms. The van der Waals surface area contributed by atoms with Crippen molar-refractivity contribution in [2.45, 2.75) is 199 Å². The van der Waals surface area contributed by atoms with Crippen LogP contribution in [0.4, 0.5) is 0 Å². The lowest BCUT2D eigenvalue weighted by molar-refractivity contribution is 0.846. The van der Waals surface area contributed by atoms with E-state index in [9.17, 15) is 0 Å². The highest BCUT2D eigenvalue weighted by Gasteiger charge is 2.13. The molecule has 0 bridgehead atoms. The summed E-state index contributed by atoms with van der Waals surface area (Å²) in [7, 11) is 0. The van der Waals surface area contributed by atoms with Gasteiger partial charge in [-0.2, -0.15) is 0 Å². The van der Waals surface area contributed by atoms with Crippen LogP contribution in [-0.2, 0) is 0 Å². The third-order valence-electron chi connectivity index (χ3n) is 23.1. The smallest absolute Gasteiger partial charge is 0.0143 e. The van der Waals surface area contributed by atoms with Gasteiger partial charge in [0, 0.05) is 0 Å². The molecule has 0 heterocycles. The van der Waals surface area contributed by atoms with E-state index >= 15 is 0 Å². The van der Waals surface area contributed by atoms with E-state index in [0.717, 1.165) is 0 Å². The first kappa shape index (κ1) is 92.3. The quantitative estimate of drug-likeness (QED) is 0.120. The van der Waals surface area contributed by atoms with Crippen LogP contribution in [0.15, 0.2) is 376 Å². The topological polar surface area (TPSA) is 0 Å². The molecule has 0 aliphatic carbocycles. The molecule has 0 saturated heterocycles. The first-order chi connectivity index (χ1) is 58.8. The zero-order valence-electron chi connectivity index (χ0n) is 77.0. The Morgan fingerprint density at radius 3 is 0.910 bits per heavy atom. The lowest BCUT2D eigenvalue weighted by atomic mass is 9.90. The van der Waals surface area contributed by atoms with Crippen LogP contribution in [0.3, 0.4) is 0 Å². The van der Waals surface area contributed by atoms with E-state index in [2.05, 4.69) is 515 Å². The first-order valence-electron chi connectivity index (χ1n) is 44.8. The van der Waals surface area contributed by atoms with Gasteiger partial charge in [0.2, 0.25) is 0 Å². The molecule has 0 atom stereocenters. The highest BCUT2D eigenvalue weighted by molar-refractivity contribution is 6.03. The number of benzene rings is 18. The van der Waals surface area contributed by atoms with Gasteiger partial charge < -0.3 is 0 Å². The van der Waals surface area contributed by atoms with Gasteiger partial charge in [0.15, 0.2) is 0 Å². The number of aryl methyl sites for hydroxylation is 3. The fourth-order valence-corrected chi connectivity index (χ4v) is 16.5. The molecule has 0 radical (unpaired) electrons. The van der Waals surface area contributed by atoms with E-state index in [1.54, 1.807) is 0 Å². The predicted octanol–water partition coefficient (Wildman–Crippen LogP) is 37.1. The van der Waals surface area contributed by atoms with Gasteiger partial charge in [-0.3, -0.25) is 0 Å². The molecule has 18 rings (SSSR count). The van der Waals surface area contributed by atoms with Gasteiger partial charge in [-0.15, -0.1) is 0 Å². The summed E-state index contributed by atoms with van der Waals surface area (Å²) in [6, 6.07) is 134. The number of hydrogen-bond acceptors (Lipinski definition) is 0. The van der Waals surface area contributed by atoms with Crippen LogP contribution in [0, 0.1) is 20.8 Å². The minimum Gasteiger partial charge on any atom is -0.0622 e. The molecule has 0 nitrogen and oxygen atoms in total. The van der Waals surface area contributed by atoms with Crippen LogP contribution >= 0.6 is 0 Å². The summed E-state index contributed by atoms with van der Waals surface area (Å²) >= 11 is 0. The van der Waals surface area contributed by atoms with Gasteiger partial charge in [0.1, 0.15) is 0 Å². The molecule has 0 amide bonds. The maximum absolute atomic E-state index is 2.32. The second kappa shape index (κ2) is 45.6. The summed E-state index contributed by atoms with van der Waals surface area (Å²) in [6.07, 6.45) is 0. The maximum atomic E-state index is 2.32. The fourth-order valence-electron chi connectivity index (χ4n) is 16.5. The Hall–Kier alpha value is -12.0. The van der Waals surface area contributed by atoms with Gasteiger partial charge in [0.05, 0.1) is 0 Å². The van der Waals surface area contributed by atoms with Gasteiger partial charge in [-0.1, -0.05) is 470 Å². The summed E-state index contributed by atoms with van der Waals surface area (Å²) in [5.41, 5.74) is 19.9. The Bertz CT molecular complexity index is 6150. The molecule has 622 valence electrons. The zero-order valence-corrected chi connectivity index (χ0v) is 77.0. The van der Waals surface area contributed by atoms with Crippen molar-refractivity contribution < 1.29 is 0 Å². The zero-order chi connectivity index (χ0) is 87.4. The molecule has 0 unspecified atom stereocenters. The molecule has 0 spiro atoms. The second-order valence-corrected chi connectivity index (χ2v) is 35.4. The van der Waals surface area contributed by atoms with Crippen LogP contribution < -0.4 is 0 Å². The largest absolute Gasteiger partial charge is 0.0622 e. The van der Waals surface area contributed by atoms with Crippen molar-refractivity contribution in [2.24, 2.45) is 0 Å². The van der Waals surface area contributed by atoms with E-state index < -0.39 is 0 Å². The van der Waals surface area contributed by atoms with Crippen molar-refractivity contribution in [3.63, 3.8) is 0 Å². The van der Waals surface area contributed by atoms with Gasteiger partial charge in [-0.05, 0) is 268 Å². The minimum absolute atomic E-state index is 0.547. The molecule has 18 aromatic rings. The van der Waals surface area contributed by atoms with E-state index in [1.807, 2.05) is 6.07 Å². The molecule has 0 N–H and O–H groups in total. The van der Waals surface area contributed by atoms with Crippen molar-refractivity contribution in [2.75, 3.05) is 0 Å². The Labute approximate surface area is 733 Å². The molecule has 0 aliphatic rings. The molecule has 0 fully saturated rings. The Balaban J connectivity index is 0.000000145. The monoisotopic (exact) mass is 1600 g/mol.